The lowest BCUT2D eigenvalue weighted by Gasteiger charge is -2.18. The number of allylic oxidation sites excluding steroid dienone is 1. The van der Waals surface area contributed by atoms with Gasteiger partial charge in [-0.15, -0.1) is 13.2 Å². The van der Waals surface area contributed by atoms with E-state index in [9.17, 15) is 0 Å². The first-order chi connectivity index (χ1) is 7.36. The largest absolute Gasteiger partial charge is 0.304 e. The van der Waals surface area contributed by atoms with E-state index in [0.717, 1.165) is 12.5 Å². The molecule has 0 spiro atoms. The standard InChI is InChI=1S/C14H23N/c1-3-12-15-14(4-2)11-10-13-8-6-5-7-9-13/h3-4,10-11,13-15H,1-2,5-9,12H2/b11-10+/t14-/m0/s1. The second-order valence-electron chi connectivity index (χ2n) is 4.24. The Morgan fingerprint density at radius 1 is 1.20 bits per heavy atom. The Hall–Kier alpha value is -0.820. The van der Waals surface area contributed by atoms with Crippen LogP contribution >= 0.6 is 0 Å². The molecule has 1 atom stereocenters. The maximum Gasteiger partial charge on any atom is 0.0435 e. The SMILES string of the molecule is C=CCN[C@@H](C=C)/C=C/C1CCCCC1. The topological polar surface area (TPSA) is 12.0 Å². The highest BCUT2D eigenvalue weighted by Gasteiger charge is 2.10. The van der Waals surface area contributed by atoms with Crippen molar-refractivity contribution >= 4 is 0 Å². The van der Waals surface area contributed by atoms with E-state index in [1.807, 2.05) is 12.2 Å². The van der Waals surface area contributed by atoms with Gasteiger partial charge in [-0.2, -0.15) is 0 Å². The third kappa shape index (κ3) is 4.98. The molecule has 0 saturated heterocycles. The summed E-state index contributed by atoms with van der Waals surface area (Å²) in [6, 6.07) is 0.296. The van der Waals surface area contributed by atoms with Gasteiger partial charge >= 0.3 is 0 Å². The molecular weight excluding hydrogens is 182 g/mol. The van der Waals surface area contributed by atoms with Crippen molar-refractivity contribution in [3.63, 3.8) is 0 Å². The van der Waals surface area contributed by atoms with Crippen LogP contribution in [-0.4, -0.2) is 12.6 Å². The second kappa shape index (κ2) is 7.47. The van der Waals surface area contributed by atoms with Crippen LogP contribution in [0, 0.1) is 5.92 Å². The first-order valence-electron chi connectivity index (χ1n) is 6.02. The van der Waals surface area contributed by atoms with Gasteiger partial charge in [0.05, 0.1) is 0 Å². The van der Waals surface area contributed by atoms with Gasteiger partial charge in [0.2, 0.25) is 0 Å². The molecule has 0 aromatic rings. The molecule has 15 heavy (non-hydrogen) atoms. The minimum Gasteiger partial charge on any atom is -0.304 e. The van der Waals surface area contributed by atoms with Crippen molar-refractivity contribution in [3.05, 3.63) is 37.5 Å². The van der Waals surface area contributed by atoms with Crippen LogP contribution in [0.1, 0.15) is 32.1 Å². The van der Waals surface area contributed by atoms with E-state index >= 15 is 0 Å². The van der Waals surface area contributed by atoms with Crippen LogP contribution < -0.4 is 5.32 Å². The summed E-state index contributed by atoms with van der Waals surface area (Å²) < 4.78 is 0. The summed E-state index contributed by atoms with van der Waals surface area (Å²) in [5.41, 5.74) is 0. The van der Waals surface area contributed by atoms with Crippen molar-refractivity contribution in [2.45, 2.75) is 38.1 Å². The minimum absolute atomic E-state index is 0.296. The summed E-state index contributed by atoms with van der Waals surface area (Å²) in [7, 11) is 0. The minimum atomic E-state index is 0.296. The fraction of sp³-hybridized carbons (Fsp3) is 0.571. The molecular formula is C14H23N. The molecule has 0 heterocycles. The molecule has 1 fully saturated rings. The molecule has 0 bridgehead atoms. The number of nitrogens with one attached hydrogen (secondary N) is 1. The van der Waals surface area contributed by atoms with Crippen molar-refractivity contribution in [1.82, 2.24) is 5.32 Å². The van der Waals surface area contributed by atoms with Gasteiger partial charge in [-0.3, -0.25) is 0 Å². The van der Waals surface area contributed by atoms with E-state index in [2.05, 4.69) is 30.6 Å². The number of hydrogen-bond donors (Lipinski definition) is 1. The summed E-state index contributed by atoms with van der Waals surface area (Å²) in [5, 5.41) is 3.34. The fourth-order valence-electron chi connectivity index (χ4n) is 2.05. The van der Waals surface area contributed by atoms with Crippen LogP contribution in [0.5, 0.6) is 0 Å². The van der Waals surface area contributed by atoms with Gasteiger partial charge in [-0.25, -0.2) is 0 Å². The van der Waals surface area contributed by atoms with Gasteiger partial charge in [-0.1, -0.05) is 43.6 Å². The van der Waals surface area contributed by atoms with Crippen LogP contribution in [0.4, 0.5) is 0 Å². The Labute approximate surface area is 94.0 Å². The fourth-order valence-corrected chi connectivity index (χ4v) is 2.05. The third-order valence-electron chi connectivity index (χ3n) is 2.99. The third-order valence-corrected chi connectivity index (χ3v) is 2.99. The van der Waals surface area contributed by atoms with E-state index in [-0.39, 0.29) is 0 Å². The maximum absolute atomic E-state index is 3.83. The first-order valence-corrected chi connectivity index (χ1v) is 6.02. The van der Waals surface area contributed by atoms with Gasteiger partial charge in [0.15, 0.2) is 0 Å². The predicted molar refractivity (Wildman–Crippen MR) is 67.9 cm³/mol. The Kier molecular flexibility index (Phi) is 6.10. The summed E-state index contributed by atoms with van der Waals surface area (Å²) in [6.45, 7) is 8.36. The summed E-state index contributed by atoms with van der Waals surface area (Å²) in [5.74, 6) is 0.798. The van der Waals surface area contributed by atoms with Crippen molar-refractivity contribution < 1.29 is 0 Å². The molecule has 0 unspecified atom stereocenters. The zero-order valence-electron chi connectivity index (χ0n) is 9.62. The predicted octanol–water partition coefficient (Wildman–Crippen LogP) is 3.45. The molecule has 0 amide bonds. The second-order valence-corrected chi connectivity index (χ2v) is 4.24. The zero-order valence-corrected chi connectivity index (χ0v) is 9.62. The average Bonchev–Trinajstić information content (AvgIpc) is 2.31. The molecule has 1 rings (SSSR count). The number of rotatable bonds is 6. The van der Waals surface area contributed by atoms with E-state index in [4.69, 9.17) is 0 Å². The van der Waals surface area contributed by atoms with Crippen molar-refractivity contribution in [1.29, 1.82) is 0 Å². The molecule has 1 nitrogen and oxygen atoms in total. The van der Waals surface area contributed by atoms with Crippen LogP contribution in [0.3, 0.4) is 0 Å². The Balaban J connectivity index is 2.31. The Bertz CT molecular complexity index is 211. The summed E-state index contributed by atoms with van der Waals surface area (Å²) in [4.78, 5) is 0. The molecule has 1 aliphatic rings. The molecule has 0 aromatic carbocycles. The monoisotopic (exact) mass is 205 g/mol. The molecule has 0 radical (unpaired) electrons. The van der Waals surface area contributed by atoms with Crippen LogP contribution in [0.15, 0.2) is 37.5 Å². The number of hydrogen-bond acceptors (Lipinski definition) is 1. The molecule has 1 aliphatic carbocycles. The summed E-state index contributed by atoms with van der Waals surface area (Å²) in [6.07, 6.45) is 15.4. The van der Waals surface area contributed by atoms with Gasteiger partial charge in [0, 0.05) is 12.6 Å². The average molecular weight is 205 g/mol. The zero-order chi connectivity index (χ0) is 10.9. The molecule has 1 saturated carbocycles. The van der Waals surface area contributed by atoms with Crippen molar-refractivity contribution in [2.24, 2.45) is 5.92 Å². The van der Waals surface area contributed by atoms with Crippen LogP contribution in [0.2, 0.25) is 0 Å². The highest BCUT2D eigenvalue weighted by Crippen LogP contribution is 2.24. The van der Waals surface area contributed by atoms with E-state index in [1.165, 1.54) is 32.1 Å². The van der Waals surface area contributed by atoms with Crippen LogP contribution in [0.25, 0.3) is 0 Å². The van der Waals surface area contributed by atoms with E-state index < -0.39 is 0 Å². The smallest absolute Gasteiger partial charge is 0.0435 e. The van der Waals surface area contributed by atoms with E-state index in [0.29, 0.717) is 6.04 Å². The van der Waals surface area contributed by atoms with Crippen molar-refractivity contribution in [3.8, 4) is 0 Å². The molecule has 0 aliphatic heterocycles. The molecule has 84 valence electrons. The van der Waals surface area contributed by atoms with E-state index in [1.54, 1.807) is 0 Å². The summed E-state index contributed by atoms with van der Waals surface area (Å²) >= 11 is 0. The van der Waals surface area contributed by atoms with Gasteiger partial charge in [-0.05, 0) is 18.8 Å². The lowest BCUT2D eigenvalue weighted by atomic mass is 9.89. The van der Waals surface area contributed by atoms with Crippen molar-refractivity contribution in [2.75, 3.05) is 6.54 Å². The molecule has 0 aromatic heterocycles. The van der Waals surface area contributed by atoms with Gasteiger partial charge < -0.3 is 5.32 Å². The Morgan fingerprint density at radius 2 is 1.93 bits per heavy atom. The van der Waals surface area contributed by atoms with Crippen LogP contribution in [-0.2, 0) is 0 Å². The Morgan fingerprint density at radius 3 is 2.53 bits per heavy atom. The normalized spacial score (nSPS) is 20.3. The molecule has 1 heteroatoms. The lowest BCUT2D eigenvalue weighted by Crippen LogP contribution is -2.25. The highest BCUT2D eigenvalue weighted by atomic mass is 14.9. The first kappa shape index (κ1) is 12.3. The van der Waals surface area contributed by atoms with Gasteiger partial charge in [0.25, 0.3) is 0 Å². The quantitative estimate of drug-likeness (QED) is 0.655. The highest BCUT2D eigenvalue weighted by molar-refractivity contribution is 5.05. The van der Waals surface area contributed by atoms with Gasteiger partial charge in [0.1, 0.15) is 0 Å². The lowest BCUT2D eigenvalue weighted by molar-refractivity contribution is 0.418. The maximum atomic E-state index is 3.83. The molecule has 1 N–H and O–H groups in total.